The fourth-order valence-corrected chi connectivity index (χ4v) is 2.05. The molecule has 0 aliphatic carbocycles. The topological polar surface area (TPSA) is 49.8 Å². The van der Waals surface area contributed by atoms with E-state index in [1.54, 1.807) is 13.0 Å². The molecule has 1 aromatic carbocycles. The van der Waals surface area contributed by atoms with Gasteiger partial charge in [0.1, 0.15) is 5.82 Å². The molecule has 0 unspecified atom stereocenters. The second-order valence-electron chi connectivity index (χ2n) is 5.20. The first-order valence-corrected chi connectivity index (χ1v) is 7.51. The van der Waals surface area contributed by atoms with E-state index < -0.39 is 17.5 Å². The van der Waals surface area contributed by atoms with Gasteiger partial charge in [0.2, 0.25) is 5.95 Å². The summed E-state index contributed by atoms with van der Waals surface area (Å²) in [4.78, 5) is 8.33. The molecule has 0 atom stereocenters. The highest BCUT2D eigenvalue weighted by Gasteiger charge is 2.14. The molecule has 23 heavy (non-hydrogen) atoms. The summed E-state index contributed by atoms with van der Waals surface area (Å²) in [6.45, 7) is 4.65. The van der Waals surface area contributed by atoms with Gasteiger partial charge in [0.25, 0.3) is 0 Å². The molecular formula is C16H19F3N4. The number of halogens is 3. The maximum absolute atomic E-state index is 13.7. The normalized spacial score (nSPS) is 10.7. The smallest absolute Gasteiger partial charge is 0.229 e. The van der Waals surface area contributed by atoms with Crippen LogP contribution < -0.4 is 10.6 Å². The Kier molecular flexibility index (Phi) is 5.78. The van der Waals surface area contributed by atoms with Gasteiger partial charge >= 0.3 is 0 Å². The van der Waals surface area contributed by atoms with Gasteiger partial charge in [-0.15, -0.1) is 0 Å². The van der Waals surface area contributed by atoms with Crippen LogP contribution in [-0.4, -0.2) is 16.5 Å². The van der Waals surface area contributed by atoms with Gasteiger partial charge in [0.15, 0.2) is 17.5 Å². The Labute approximate surface area is 133 Å². The quantitative estimate of drug-likeness (QED) is 0.579. The molecule has 0 saturated carbocycles. The average molecular weight is 324 g/mol. The van der Waals surface area contributed by atoms with Crippen LogP contribution in [0.3, 0.4) is 0 Å². The number of aryl methyl sites for hydroxylation is 1. The third kappa shape index (κ3) is 4.58. The molecule has 0 radical (unpaired) electrons. The van der Waals surface area contributed by atoms with Crippen molar-refractivity contribution in [1.29, 1.82) is 0 Å². The molecule has 4 nitrogen and oxygen atoms in total. The van der Waals surface area contributed by atoms with Crippen LogP contribution in [0.1, 0.15) is 31.9 Å². The molecule has 2 N–H and O–H groups in total. The monoisotopic (exact) mass is 324 g/mol. The van der Waals surface area contributed by atoms with E-state index in [0.29, 0.717) is 11.5 Å². The summed E-state index contributed by atoms with van der Waals surface area (Å²) in [5.74, 6) is -3.35. The molecule has 124 valence electrons. The molecule has 2 rings (SSSR count). The van der Waals surface area contributed by atoms with Crippen molar-refractivity contribution in [3.05, 3.63) is 41.3 Å². The lowest BCUT2D eigenvalue weighted by Crippen LogP contribution is -2.07. The zero-order valence-corrected chi connectivity index (χ0v) is 13.1. The summed E-state index contributed by atoms with van der Waals surface area (Å²) in [6.07, 6.45) is 3.25. The third-order valence-corrected chi connectivity index (χ3v) is 3.22. The number of rotatable bonds is 7. The van der Waals surface area contributed by atoms with Crippen molar-refractivity contribution in [3.63, 3.8) is 0 Å². The van der Waals surface area contributed by atoms with Gasteiger partial charge in [-0.1, -0.05) is 19.8 Å². The van der Waals surface area contributed by atoms with E-state index in [1.807, 2.05) is 0 Å². The van der Waals surface area contributed by atoms with Crippen molar-refractivity contribution in [2.24, 2.45) is 0 Å². The maximum Gasteiger partial charge on any atom is 0.229 e. The predicted molar refractivity (Wildman–Crippen MR) is 84.4 cm³/mol. The Morgan fingerprint density at radius 2 is 1.83 bits per heavy atom. The van der Waals surface area contributed by atoms with E-state index in [0.717, 1.165) is 37.9 Å². The lowest BCUT2D eigenvalue weighted by Gasteiger charge is -2.10. The first-order chi connectivity index (χ1) is 11.0. The highest BCUT2D eigenvalue weighted by molar-refractivity contribution is 5.56. The number of nitrogens with one attached hydrogen (secondary N) is 2. The summed E-state index contributed by atoms with van der Waals surface area (Å²) in [7, 11) is 0. The minimum atomic E-state index is -1.53. The van der Waals surface area contributed by atoms with Gasteiger partial charge in [-0.25, -0.2) is 18.2 Å². The van der Waals surface area contributed by atoms with Gasteiger partial charge in [0, 0.05) is 18.3 Å². The van der Waals surface area contributed by atoms with Crippen molar-refractivity contribution < 1.29 is 13.2 Å². The number of hydrogen-bond acceptors (Lipinski definition) is 4. The maximum atomic E-state index is 13.7. The van der Waals surface area contributed by atoms with Crippen molar-refractivity contribution in [2.75, 3.05) is 17.2 Å². The van der Waals surface area contributed by atoms with Crippen LogP contribution in [0.2, 0.25) is 0 Å². The lowest BCUT2D eigenvalue weighted by atomic mass is 10.2. The number of aromatic nitrogens is 2. The molecule has 0 saturated heterocycles. The van der Waals surface area contributed by atoms with E-state index in [4.69, 9.17) is 0 Å². The molecule has 1 aromatic heterocycles. The minimum Gasteiger partial charge on any atom is -0.370 e. The lowest BCUT2D eigenvalue weighted by molar-refractivity contribution is 0.449. The van der Waals surface area contributed by atoms with Gasteiger partial charge in [-0.2, -0.15) is 4.98 Å². The highest BCUT2D eigenvalue weighted by atomic mass is 19.2. The van der Waals surface area contributed by atoms with Crippen LogP contribution in [0.5, 0.6) is 0 Å². The number of nitrogens with zero attached hydrogens (tertiary/aromatic N) is 2. The van der Waals surface area contributed by atoms with Crippen molar-refractivity contribution in [3.8, 4) is 0 Å². The minimum absolute atomic E-state index is 0.118. The summed E-state index contributed by atoms with van der Waals surface area (Å²) >= 11 is 0. The Morgan fingerprint density at radius 1 is 1.04 bits per heavy atom. The Balaban J connectivity index is 2.14. The Hall–Kier alpha value is -2.31. The van der Waals surface area contributed by atoms with Crippen LogP contribution in [0.25, 0.3) is 0 Å². The first kappa shape index (κ1) is 17.1. The van der Waals surface area contributed by atoms with E-state index in [-0.39, 0.29) is 11.6 Å². The number of unbranched alkanes of at least 4 members (excludes halogenated alkanes) is 2. The molecule has 2 aromatic rings. The predicted octanol–water partition coefficient (Wildman–Crippen LogP) is 4.55. The van der Waals surface area contributed by atoms with Gasteiger partial charge in [-0.05, 0) is 25.5 Å². The van der Waals surface area contributed by atoms with E-state index >= 15 is 0 Å². The largest absolute Gasteiger partial charge is 0.370 e. The Bertz CT molecular complexity index is 677. The molecule has 0 amide bonds. The van der Waals surface area contributed by atoms with E-state index in [2.05, 4.69) is 27.5 Å². The number of hydrogen-bond donors (Lipinski definition) is 2. The van der Waals surface area contributed by atoms with Crippen LogP contribution in [0.15, 0.2) is 18.2 Å². The van der Waals surface area contributed by atoms with Crippen molar-refractivity contribution in [2.45, 2.75) is 33.1 Å². The zero-order chi connectivity index (χ0) is 16.8. The third-order valence-electron chi connectivity index (χ3n) is 3.22. The summed E-state index contributed by atoms with van der Waals surface area (Å²) < 4.78 is 39.9. The highest BCUT2D eigenvalue weighted by Crippen LogP contribution is 2.22. The van der Waals surface area contributed by atoms with Gasteiger partial charge in [0.05, 0.1) is 5.69 Å². The van der Waals surface area contributed by atoms with Crippen molar-refractivity contribution in [1.82, 2.24) is 9.97 Å². The fourth-order valence-electron chi connectivity index (χ4n) is 2.05. The second kappa shape index (κ2) is 7.80. The fraction of sp³-hybridized carbons (Fsp3) is 0.375. The van der Waals surface area contributed by atoms with Crippen molar-refractivity contribution >= 4 is 17.5 Å². The number of anilines is 3. The number of benzene rings is 1. The van der Waals surface area contributed by atoms with Crippen LogP contribution in [0, 0.1) is 24.4 Å². The zero-order valence-electron chi connectivity index (χ0n) is 13.1. The SMILES string of the molecule is CCCCCNc1cc(C)nc(Nc2ccc(F)c(F)c2F)n1. The molecule has 7 heteroatoms. The van der Waals surface area contributed by atoms with Crippen LogP contribution in [0.4, 0.5) is 30.6 Å². The van der Waals surface area contributed by atoms with E-state index in [9.17, 15) is 13.2 Å². The molecular weight excluding hydrogens is 305 g/mol. The average Bonchev–Trinajstić information content (AvgIpc) is 2.52. The molecule has 0 fully saturated rings. The molecule has 0 aliphatic heterocycles. The summed E-state index contributed by atoms with van der Waals surface area (Å²) in [5, 5.41) is 5.74. The van der Waals surface area contributed by atoms with Gasteiger partial charge < -0.3 is 10.6 Å². The molecule has 0 spiro atoms. The van der Waals surface area contributed by atoms with E-state index in [1.165, 1.54) is 0 Å². The molecule has 0 bridgehead atoms. The molecule has 1 heterocycles. The van der Waals surface area contributed by atoms with Crippen LogP contribution in [-0.2, 0) is 0 Å². The summed E-state index contributed by atoms with van der Waals surface area (Å²) in [6, 6.07) is 3.72. The second-order valence-corrected chi connectivity index (χ2v) is 5.20. The first-order valence-electron chi connectivity index (χ1n) is 7.51. The standard InChI is InChI=1S/C16H19F3N4/c1-3-4-5-8-20-13-9-10(2)21-16(23-13)22-12-7-6-11(17)14(18)15(12)19/h6-7,9H,3-5,8H2,1-2H3,(H2,20,21,22,23). The molecule has 0 aliphatic rings. The van der Waals surface area contributed by atoms with Crippen LogP contribution >= 0.6 is 0 Å². The summed E-state index contributed by atoms with van der Waals surface area (Å²) in [5.41, 5.74) is 0.454. The van der Waals surface area contributed by atoms with Gasteiger partial charge in [-0.3, -0.25) is 0 Å². The Morgan fingerprint density at radius 3 is 2.57 bits per heavy atom.